The molecule has 0 radical (unpaired) electrons. The highest BCUT2D eigenvalue weighted by molar-refractivity contribution is 9.10. The number of benzene rings is 1. The number of halogens is 1. The molecule has 0 aliphatic carbocycles. The van der Waals surface area contributed by atoms with Crippen molar-refractivity contribution in [2.24, 2.45) is 0 Å². The fourth-order valence-electron chi connectivity index (χ4n) is 1.61. The van der Waals surface area contributed by atoms with Crippen LogP contribution >= 0.6 is 15.9 Å². The molecule has 0 saturated heterocycles. The van der Waals surface area contributed by atoms with Gasteiger partial charge in [-0.25, -0.2) is 4.79 Å². The molecule has 3 N–H and O–H groups in total. The highest BCUT2D eigenvalue weighted by Gasteiger charge is 2.24. The predicted octanol–water partition coefficient (Wildman–Crippen LogP) is 2.73. The van der Waals surface area contributed by atoms with Gasteiger partial charge in [0.05, 0.1) is 17.0 Å². The van der Waals surface area contributed by atoms with E-state index >= 15 is 0 Å². The summed E-state index contributed by atoms with van der Waals surface area (Å²) in [6.45, 7) is 3.12. The maximum Gasteiger partial charge on any atom is 0.319 e. The van der Waals surface area contributed by atoms with Crippen molar-refractivity contribution < 1.29 is 19.6 Å². The minimum Gasteiger partial charge on any atom is -0.481 e. The first-order chi connectivity index (χ1) is 9.60. The van der Waals surface area contributed by atoms with Gasteiger partial charge in [-0.05, 0) is 35.8 Å². The second kappa shape index (κ2) is 6.53. The van der Waals surface area contributed by atoms with Gasteiger partial charge in [-0.3, -0.25) is 14.9 Å². The van der Waals surface area contributed by atoms with E-state index in [9.17, 15) is 19.7 Å². The summed E-state index contributed by atoms with van der Waals surface area (Å²) in [4.78, 5) is 32.6. The Bertz CT molecular complexity index is 588. The van der Waals surface area contributed by atoms with Gasteiger partial charge in [0.2, 0.25) is 0 Å². The summed E-state index contributed by atoms with van der Waals surface area (Å²) < 4.78 is 0.472. The van der Waals surface area contributed by atoms with Crippen molar-refractivity contribution in [1.29, 1.82) is 0 Å². The van der Waals surface area contributed by atoms with Crippen molar-refractivity contribution in [2.75, 3.05) is 5.32 Å². The molecule has 0 aliphatic heterocycles. The number of aliphatic carboxylic acids is 1. The molecule has 2 amide bonds. The molecule has 0 saturated carbocycles. The molecular formula is C12H14BrN3O5. The van der Waals surface area contributed by atoms with Gasteiger partial charge >= 0.3 is 12.0 Å². The summed E-state index contributed by atoms with van der Waals surface area (Å²) in [5.41, 5.74) is -0.908. The number of urea groups is 1. The molecule has 1 aromatic rings. The highest BCUT2D eigenvalue weighted by Crippen LogP contribution is 2.27. The van der Waals surface area contributed by atoms with Crippen LogP contribution in [0.3, 0.4) is 0 Å². The lowest BCUT2D eigenvalue weighted by Crippen LogP contribution is -2.46. The third-order valence-corrected chi connectivity index (χ3v) is 3.15. The molecule has 21 heavy (non-hydrogen) atoms. The van der Waals surface area contributed by atoms with Crippen molar-refractivity contribution in [3.63, 3.8) is 0 Å². The highest BCUT2D eigenvalue weighted by atomic mass is 79.9. The number of carbonyl (C=O) groups is 2. The molecule has 0 unspecified atom stereocenters. The first kappa shape index (κ1) is 16.9. The number of non-ortho nitro benzene ring substituents is 1. The van der Waals surface area contributed by atoms with Gasteiger partial charge in [-0.15, -0.1) is 0 Å². The fourth-order valence-corrected chi connectivity index (χ4v) is 1.95. The molecular weight excluding hydrogens is 346 g/mol. The predicted molar refractivity (Wildman–Crippen MR) is 79.3 cm³/mol. The number of nitrogens with one attached hydrogen (secondary N) is 2. The molecule has 0 aliphatic rings. The SMILES string of the molecule is CC(C)(CC(=O)O)NC(=O)Nc1cc([N+](=O)[O-])ccc1Br. The number of nitro groups is 1. The molecule has 0 bridgehead atoms. The van der Waals surface area contributed by atoms with E-state index in [1.165, 1.54) is 18.2 Å². The number of nitro benzene ring substituents is 1. The normalized spacial score (nSPS) is 10.8. The van der Waals surface area contributed by atoms with Crippen molar-refractivity contribution in [3.8, 4) is 0 Å². The van der Waals surface area contributed by atoms with Crippen LogP contribution < -0.4 is 10.6 Å². The first-order valence-corrected chi connectivity index (χ1v) is 6.65. The monoisotopic (exact) mass is 359 g/mol. The van der Waals surface area contributed by atoms with Crippen LogP contribution in [-0.4, -0.2) is 27.6 Å². The second-order valence-corrected chi connectivity index (χ2v) is 5.81. The zero-order valence-corrected chi connectivity index (χ0v) is 12.9. The molecule has 1 aromatic carbocycles. The zero-order valence-electron chi connectivity index (χ0n) is 11.3. The number of hydrogen-bond donors (Lipinski definition) is 3. The number of carboxylic acids is 1. The van der Waals surface area contributed by atoms with Gasteiger partial charge in [-0.2, -0.15) is 0 Å². The number of amides is 2. The lowest BCUT2D eigenvalue weighted by molar-refractivity contribution is -0.384. The van der Waals surface area contributed by atoms with E-state index in [4.69, 9.17) is 5.11 Å². The number of carbonyl (C=O) groups excluding carboxylic acids is 1. The summed E-state index contributed by atoms with van der Waals surface area (Å²) in [6, 6.07) is 3.29. The third-order valence-electron chi connectivity index (χ3n) is 2.45. The number of carboxylic acid groups (broad SMARTS) is 1. The van der Waals surface area contributed by atoms with Gasteiger partial charge in [0.25, 0.3) is 5.69 Å². The van der Waals surface area contributed by atoms with Crippen molar-refractivity contribution >= 4 is 39.3 Å². The van der Waals surface area contributed by atoms with Crippen LogP contribution in [0, 0.1) is 10.1 Å². The maximum atomic E-state index is 11.8. The molecule has 0 heterocycles. The fraction of sp³-hybridized carbons (Fsp3) is 0.333. The number of anilines is 1. The Morgan fingerprint density at radius 1 is 1.43 bits per heavy atom. The minimum absolute atomic E-state index is 0.168. The van der Waals surface area contributed by atoms with E-state index in [-0.39, 0.29) is 17.8 Å². The Labute approximate surface area is 128 Å². The zero-order chi connectivity index (χ0) is 16.2. The molecule has 8 nitrogen and oxygen atoms in total. The van der Waals surface area contributed by atoms with E-state index in [1.807, 2.05) is 0 Å². The number of nitrogens with zero attached hydrogens (tertiary/aromatic N) is 1. The quantitative estimate of drug-likeness (QED) is 0.551. The Balaban J connectivity index is 2.81. The van der Waals surface area contributed by atoms with Gasteiger partial charge in [0, 0.05) is 22.1 Å². The van der Waals surface area contributed by atoms with E-state index in [0.29, 0.717) is 4.47 Å². The topological polar surface area (TPSA) is 122 Å². The van der Waals surface area contributed by atoms with Crippen LogP contribution in [0.15, 0.2) is 22.7 Å². The standard InChI is InChI=1S/C12H14BrN3O5/c1-12(2,6-10(17)18)15-11(19)14-9-5-7(16(20)21)3-4-8(9)13/h3-5H,6H2,1-2H3,(H,17,18)(H2,14,15,19). The van der Waals surface area contributed by atoms with Crippen LogP contribution in [0.5, 0.6) is 0 Å². The van der Waals surface area contributed by atoms with E-state index < -0.39 is 22.5 Å². The Kier molecular flexibility index (Phi) is 5.25. The number of hydrogen-bond acceptors (Lipinski definition) is 4. The lowest BCUT2D eigenvalue weighted by Gasteiger charge is -2.24. The molecule has 9 heteroatoms. The van der Waals surface area contributed by atoms with Gasteiger partial charge < -0.3 is 15.7 Å². The van der Waals surface area contributed by atoms with Crippen LogP contribution in [0.1, 0.15) is 20.3 Å². The molecule has 114 valence electrons. The maximum absolute atomic E-state index is 11.8. The molecule has 0 spiro atoms. The second-order valence-electron chi connectivity index (χ2n) is 4.95. The van der Waals surface area contributed by atoms with E-state index in [2.05, 4.69) is 26.6 Å². The summed E-state index contributed by atoms with van der Waals surface area (Å²) >= 11 is 3.17. The average Bonchev–Trinajstić information content (AvgIpc) is 2.28. The summed E-state index contributed by atoms with van der Waals surface area (Å²) in [5.74, 6) is -1.04. The first-order valence-electron chi connectivity index (χ1n) is 5.85. The van der Waals surface area contributed by atoms with Crippen LogP contribution in [0.4, 0.5) is 16.2 Å². The average molecular weight is 360 g/mol. The lowest BCUT2D eigenvalue weighted by atomic mass is 10.0. The smallest absolute Gasteiger partial charge is 0.319 e. The van der Waals surface area contributed by atoms with Crippen molar-refractivity contribution in [2.45, 2.75) is 25.8 Å². The molecule has 1 rings (SSSR count). The third kappa shape index (κ3) is 5.38. The van der Waals surface area contributed by atoms with Crippen LogP contribution in [-0.2, 0) is 4.79 Å². The molecule has 0 aromatic heterocycles. The Morgan fingerprint density at radius 3 is 2.57 bits per heavy atom. The number of rotatable bonds is 5. The van der Waals surface area contributed by atoms with Crippen LogP contribution in [0.2, 0.25) is 0 Å². The minimum atomic E-state index is -1.04. The summed E-state index contributed by atoms with van der Waals surface area (Å²) in [6.07, 6.45) is -0.253. The Hall–Kier alpha value is -2.16. The van der Waals surface area contributed by atoms with Gasteiger partial charge in [0.15, 0.2) is 0 Å². The van der Waals surface area contributed by atoms with Crippen molar-refractivity contribution in [1.82, 2.24) is 5.32 Å². The van der Waals surface area contributed by atoms with E-state index in [0.717, 1.165) is 0 Å². The molecule has 0 atom stereocenters. The largest absolute Gasteiger partial charge is 0.481 e. The van der Waals surface area contributed by atoms with Gasteiger partial charge in [0.1, 0.15) is 0 Å². The Morgan fingerprint density at radius 2 is 2.05 bits per heavy atom. The molecule has 0 fully saturated rings. The summed E-state index contributed by atoms with van der Waals surface area (Å²) in [7, 11) is 0. The van der Waals surface area contributed by atoms with Gasteiger partial charge in [-0.1, -0.05) is 0 Å². The summed E-state index contributed by atoms with van der Waals surface area (Å²) in [5, 5.41) is 24.4. The van der Waals surface area contributed by atoms with Crippen LogP contribution in [0.25, 0.3) is 0 Å². The van der Waals surface area contributed by atoms with Crippen molar-refractivity contribution in [3.05, 3.63) is 32.8 Å². The van der Waals surface area contributed by atoms with E-state index in [1.54, 1.807) is 13.8 Å².